The number of aliphatic hydroxyl groups excluding tert-OH is 1. The molecule has 11 heteroatoms. The third-order valence-corrected chi connectivity index (χ3v) is 10.1. The minimum absolute atomic E-state index is 0.00363. The van der Waals surface area contributed by atoms with E-state index in [1.54, 1.807) is 44.9 Å². The van der Waals surface area contributed by atoms with Crippen LogP contribution in [0, 0.1) is 23.7 Å². The van der Waals surface area contributed by atoms with Crippen molar-refractivity contribution in [3.05, 3.63) is 35.9 Å². The van der Waals surface area contributed by atoms with Gasteiger partial charge in [-0.05, 0) is 43.1 Å². The van der Waals surface area contributed by atoms with E-state index in [9.17, 15) is 24.3 Å². The predicted molar refractivity (Wildman–Crippen MR) is 191 cm³/mol. The smallest absolute Gasteiger partial charge is 0.245 e. The van der Waals surface area contributed by atoms with E-state index in [-0.39, 0.29) is 53.8 Å². The van der Waals surface area contributed by atoms with Crippen LogP contribution in [-0.2, 0) is 28.7 Å². The van der Waals surface area contributed by atoms with Gasteiger partial charge in [-0.15, -0.1) is 0 Å². The summed E-state index contributed by atoms with van der Waals surface area (Å²) in [5.41, 5.74) is 0.713. The topological polar surface area (TPSA) is 138 Å². The summed E-state index contributed by atoms with van der Waals surface area (Å²) in [5.74, 6) is -1.32. The number of nitrogens with one attached hydrogen (secondary N) is 2. The van der Waals surface area contributed by atoms with Crippen molar-refractivity contribution >= 4 is 23.6 Å². The molecule has 2 rings (SSSR count). The average molecular weight is 689 g/mol. The molecule has 1 aliphatic heterocycles. The Kier molecular flexibility index (Phi) is 17.2. The third kappa shape index (κ3) is 11.5. The normalized spacial score (nSPS) is 19.8. The van der Waals surface area contributed by atoms with E-state index in [0.717, 1.165) is 12.8 Å². The monoisotopic (exact) mass is 688 g/mol. The predicted octanol–water partition coefficient (Wildman–Crippen LogP) is 4.33. The van der Waals surface area contributed by atoms with Gasteiger partial charge in [0.25, 0.3) is 0 Å². The van der Waals surface area contributed by atoms with Gasteiger partial charge in [-0.25, -0.2) is 0 Å². The van der Waals surface area contributed by atoms with Gasteiger partial charge in [-0.2, -0.15) is 0 Å². The first-order chi connectivity index (χ1) is 23.1. The number of ether oxygens (including phenoxy) is 2. The number of amides is 4. The van der Waals surface area contributed by atoms with Gasteiger partial charge in [-0.1, -0.05) is 85.2 Å². The van der Waals surface area contributed by atoms with E-state index >= 15 is 0 Å². The number of methoxy groups -OCH3 is 2. The SMILES string of the molecule is CC[C@H](C)[C@@H]([C@@H](CC(=O)N1CCC[C@H]1[C@H](OC)[C@@H](C)C(=O)N[C@H](C)[C@@H](O)c1ccccc1)OC)N(C)C(=O)[C@@H](NC(=O)CC(C)C)C(C)C. The molecule has 9 atom stereocenters. The molecule has 0 aromatic heterocycles. The molecule has 0 radical (unpaired) electrons. The quantitative estimate of drug-likeness (QED) is 0.197. The molecule has 1 fully saturated rings. The zero-order chi connectivity index (χ0) is 37.0. The number of likely N-dealkylation sites (N-methyl/N-ethyl adjacent to an activating group) is 1. The molecule has 1 heterocycles. The Hall–Kier alpha value is -3.02. The first-order valence-corrected chi connectivity index (χ1v) is 18.0. The lowest BCUT2D eigenvalue weighted by molar-refractivity contribution is -0.147. The summed E-state index contributed by atoms with van der Waals surface area (Å²) < 4.78 is 11.9. The molecule has 49 heavy (non-hydrogen) atoms. The molecule has 0 unspecified atom stereocenters. The molecule has 1 aliphatic rings. The van der Waals surface area contributed by atoms with E-state index < -0.39 is 42.4 Å². The zero-order valence-electron chi connectivity index (χ0n) is 31.8. The summed E-state index contributed by atoms with van der Waals surface area (Å²) in [6.07, 6.45) is 0.547. The maximum atomic E-state index is 14.1. The highest BCUT2D eigenvalue weighted by atomic mass is 16.5. The van der Waals surface area contributed by atoms with Crippen LogP contribution in [0.15, 0.2) is 30.3 Å². The standard InChI is InChI=1S/C38H64N4O7/c1-12-25(6)34(41(9)38(47)33(24(4)5)40-31(43)21-23(2)3)30(48-10)22-32(44)42-20-16-19-29(42)36(49-11)26(7)37(46)39-27(8)35(45)28-17-14-13-15-18-28/h13-15,17-18,23-27,29-30,33-36,45H,12,16,19-22H2,1-11H3,(H,39,46)(H,40,43)/t25-,26+,27+,29-,30+,33-,34-,35+,36+/m0/s1. The number of aliphatic hydroxyl groups is 1. The van der Waals surface area contributed by atoms with Gasteiger partial charge in [0.2, 0.25) is 23.6 Å². The Morgan fingerprint density at radius 3 is 2.12 bits per heavy atom. The summed E-state index contributed by atoms with van der Waals surface area (Å²) in [6.45, 7) is 15.9. The number of benzene rings is 1. The fraction of sp³-hybridized carbons (Fsp3) is 0.737. The van der Waals surface area contributed by atoms with Crippen molar-refractivity contribution in [2.45, 2.75) is 130 Å². The van der Waals surface area contributed by atoms with Gasteiger partial charge < -0.3 is 35.0 Å². The molecule has 11 nitrogen and oxygen atoms in total. The molecular formula is C38H64N4O7. The Morgan fingerprint density at radius 2 is 1.59 bits per heavy atom. The lowest BCUT2D eigenvalue weighted by Gasteiger charge is -2.41. The number of carbonyl (C=O) groups is 4. The van der Waals surface area contributed by atoms with Crippen molar-refractivity contribution in [3.8, 4) is 0 Å². The van der Waals surface area contributed by atoms with Crippen LogP contribution in [0.2, 0.25) is 0 Å². The van der Waals surface area contributed by atoms with E-state index in [0.29, 0.717) is 24.9 Å². The minimum Gasteiger partial charge on any atom is -0.386 e. The third-order valence-electron chi connectivity index (χ3n) is 10.1. The van der Waals surface area contributed by atoms with Gasteiger partial charge in [-0.3, -0.25) is 19.2 Å². The minimum atomic E-state index is -0.871. The van der Waals surface area contributed by atoms with E-state index in [2.05, 4.69) is 10.6 Å². The fourth-order valence-electron chi connectivity index (χ4n) is 7.02. The Balaban J connectivity index is 2.22. The highest BCUT2D eigenvalue weighted by Gasteiger charge is 2.43. The largest absolute Gasteiger partial charge is 0.386 e. The molecule has 1 aromatic carbocycles. The number of hydrogen-bond acceptors (Lipinski definition) is 7. The van der Waals surface area contributed by atoms with Crippen LogP contribution >= 0.6 is 0 Å². The highest BCUT2D eigenvalue weighted by Crippen LogP contribution is 2.30. The van der Waals surface area contributed by atoms with Crippen molar-refractivity contribution in [2.75, 3.05) is 27.8 Å². The van der Waals surface area contributed by atoms with Crippen molar-refractivity contribution in [1.82, 2.24) is 20.4 Å². The molecule has 0 spiro atoms. The highest BCUT2D eigenvalue weighted by molar-refractivity contribution is 5.88. The van der Waals surface area contributed by atoms with Crippen molar-refractivity contribution < 1.29 is 33.8 Å². The molecular weight excluding hydrogens is 624 g/mol. The van der Waals surface area contributed by atoms with Crippen LogP contribution in [0.5, 0.6) is 0 Å². The Morgan fingerprint density at radius 1 is 0.959 bits per heavy atom. The lowest BCUT2D eigenvalue weighted by atomic mass is 9.89. The number of hydrogen-bond donors (Lipinski definition) is 3. The van der Waals surface area contributed by atoms with Gasteiger partial charge in [0, 0.05) is 34.2 Å². The molecule has 4 amide bonds. The maximum absolute atomic E-state index is 14.1. The van der Waals surface area contributed by atoms with Crippen LogP contribution in [0.4, 0.5) is 0 Å². The van der Waals surface area contributed by atoms with E-state index in [1.165, 1.54) is 0 Å². The van der Waals surface area contributed by atoms with Crippen molar-refractivity contribution in [2.24, 2.45) is 23.7 Å². The average Bonchev–Trinajstić information content (AvgIpc) is 3.55. The van der Waals surface area contributed by atoms with Gasteiger partial charge >= 0.3 is 0 Å². The molecule has 3 N–H and O–H groups in total. The molecule has 1 aromatic rings. The Bertz CT molecular complexity index is 1200. The molecule has 0 saturated carbocycles. The first-order valence-electron chi connectivity index (χ1n) is 18.0. The summed E-state index contributed by atoms with van der Waals surface area (Å²) in [5, 5.41) is 16.7. The van der Waals surface area contributed by atoms with E-state index in [1.807, 2.05) is 71.9 Å². The summed E-state index contributed by atoms with van der Waals surface area (Å²) in [6, 6.07) is 7.21. The first kappa shape index (κ1) is 42.1. The number of rotatable bonds is 19. The number of nitrogens with zero attached hydrogens (tertiary/aromatic N) is 2. The second kappa shape index (κ2) is 20.0. The molecule has 1 saturated heterocycles. The number of likely N-dealkylation sites (tertiary alicyclic amines) is 1. The van der Waals surface area contributed by atoms with Crippen LogP contribution in [0.3, 0.4) is 0 Å². The van der Waals surface area contributed by atoms with Crippen LogP contribution < -0.4 is 10.6 Å². The second-order valence-electron chi connectivity index (χ2n) is 14.6. The second-order valence-corrected chi connectivity index (χ2v) is 14.6. The van der Waals surface area contributed by atoms with Gasteiger partial charge in [0.1, 0.15) is 6.04 Å². The zero-order valence-corrected chi connectivity index (χ0v) is 31.8. The fourth-order valence-corrected chi connectivity index (χ4v) is 7.02. The van der Waals surface area contributed by atoms with Crippen molar-refractivity contribution in [3.63, 3.8) is 0 Å². The Labute approximate surface area is 294 Å². The van der Waals surface area contributed by atoms with Crippen LogP contribution in [0.1, 0.15) is 99.2 Å². The maximum Gasteiger partial charge on any atom is 0.245 e. The summed E-state index contributed by atoms with van der Waals surface area (Å²) in [4.78, 5) is 57.5. The number of carbonyl (C=O) groups excluding carboxylic acids is 4. The molecule has 0 aliphatic carbocycles. The van der Waals surface area contributed by atoms with Crippen LogP contribution in [-0.4, -0.2) is 103 Å². The lowest BCUT2D eigenvalue weighted by Crippen LogP contribution is -2.58. The van der Waals surface area contributed by atoms with Crippen molar-refractivity contribution in [1.29, 1.82) is 0 Å². The van der Waals surface area contributed by atoms with Crippen LogP contribution in [0.25, 0.3) is 0 Å². The summed E-state index contributed by atoms with van der Waals surface area (Å²) >= 11 is 0. The molecule has 0 bridgehead atoms. The van der Waals surface area contributed by atoms with E-state index in [4.69, 9.17) is 9.47 Å². The molecule has 278 valence electrons. The van der Waals surface area contributed by atoms with Gasteiger partial charge in [0.15, 0.2) is 0 Å². The van der Waals surface area contributed by atoms with Gasteiger partial charge in [0.05, 0.1) is 48.8 Å². The summed E-state index contributed by atoms with van der Waals surface area (Å²) in [7, 11) is 4.85.